The van der Waals surface area contributed by atoms with Gasteiger partial charge in [0.25, 0.3) is 0 Å². The first-order valence-corrected chi connectivity index (χ1v) is 8.63. The summed E-state index contributed by atoms with van der Waals surface area (Å²) in [5, 5.41) is 0. The van der Waals surface area contributed by atoms with Crippen LogP contribution in [0.4, 0.5) is 5.69 Å². The van der Waals surface area contributed by atoms with E-state index < -0.39 is 11.9 Å². The van der Waals surface area contributed by atoms with Gasteiger partial charge >= 0.3 is 11.9 Å². The molecule has 0 radical (unpaired) electrons. The van der Waals surface area contributed by atoms with E-state index in [1.54, 1.807) is 24.4 Å². The van der Waals surface area contributed by atoms with Gasteiger partial charge in [-0.15, -0.1) is 0 Å². The lowest BCUT2D eigenvalue weighted by Crippen LogP contribution is -2.10. The minimum absolute atomic E-state index is 0.287. The molecule has 0 saturated carbocycles. The van der Waals surface area contributed by atoms with E-state index >= 15 is 0 Å². The molecule has 3 aromatic carbocycles. The van der Waals surface area contributed by atoms with Crippen molar-refractivity contribution >= 4 is 23.8 Å². The van der Waals surface area contributed by atoms with Gasteiger partial charge in [0.05, 0.1) is 31.0 Å². The Balaban J connectivity index is 2.09. The van der Waals surface area contributed by atoms with E-state index in [0.717, 1.165) is 5.56 Å². The molecule has 28 heavy (non-hydrogen) atoms. The van der Waals surface area contributed by atoms with Crippen molar-refractivity contribution in [3.8, 4) is 11.1 Å². The fraction of sp³-hybridized carbons (Fsp3) is 0.0870. The maximum atomic E-state index is 12.3. The van der Waals surface area contributed by atoms with Crippen LogP contribution in [0.1, 0.15) is 26.3 Å². The summed E-state index contributed by atoms with van der Waals surface area (Å²) in [5.74, 6) is -1.06. The number of aliphatic imine (C=N–C) groups is 1. The molecule has 0 aliphatic carbocycles. The molecule has 0 heterocycles. The highest BCUT2D eigenvalue weighted by Gasteiger charge is 2.21. The molecule has 0 saturated heterocycles. The van der Waals surface area contributed by atoms with Crippen LogP contribution in [-0.4, -0.2) is 32.4 Å². The molecular formula is C23H19NO4. The molecule has 0 bridgehead atoms. The third kappa shape index (κ3) is 4.15. The number of hydrogen-bond acceptors (Lipinski definition) is 5. The Kier molecular flexibility index (Phi) is 5.97. The number of rotatable bonds is 5. The van der Waals surface area contributed by atoms with Gasteiger partial charge in [-0.1, -0.05) is 48.5 Å². The first-order chi connectivity index (χ1) is 13.6. The summed E-state index contributed by atoms with van der Waals surface area (Å²) < 4.78 is 9.76. The molecule has 3 rings (SSSR count). The molecule has 0 aliphatic heterocycles. The van der Waals surface area contributed by atoms with E-state index in [9.17, 15) is 9.59 Å². The molecule has 0 unspecified atom stereocenters. The van der Waals surface area contributed by atoms with Crippen LogP contribution in [0, 0.1) is 0 Å². The van der Waals surface area contributed by atoms with Gasteiger partial charge in [-0.2, -0.15) is 0 Å². The van der Waals surface area contributed by atoms with Crippen LogP contribution in [0.5, 0.6) is 0 Å². The minimum atomic E-state index is -0.529. The number of carbonyl (C=O) groups is 2. The molecule has 0 spiro atoms. The molecule has 0 N–H and O–H groups in total. The molecule has 0 aliphatic rings. The third-order valence-electron chi connectivity index (χ3n) is 4.17. The van der Waals surface area contributed by atoms with Crippen LogP contribution in [0.3, 0.4) is 0 Å². The zero-order chi connectivity index (χ0) is 19.9. The Labute approximate surface area is 163 Å². The minimum Gasteiger partial charge on any atom is -0.465 e. The van der Waals surface area contributed by atoms with Gasteiger partial charge in [0.2, 0.25) is 0 Å². The summed E-state index contributed by atoms with van der Waals surface area (Å²) >= 11 is 0. The largest absolute Gasteiger partial charge is 0.465 e. The average Bonchev–Trinajstić information content (AvgIpc) is 2.77. The molecular weight excluding hydrogens is 354 g/mol. The SMILES string of the molecule is COC(=O)c1cccc(C(=O)OC)c1-c1cccc(N=Cc2ccccc2)c1. The lowest BCUT2D eigenvalue weighted by Gasteiger charge is -2.13. The van der Waals surface area contributed by atoms with Crippen LogP contribution in [0.25, 0.3) is 11.1 Å². The molecule has 3 aromatic rings. The summed E-state index contributed by atoms with van der Waals surface area (Å²) in [7, 11) is 2.61. The van der Waals surface area contributed by atoms with Crippen LogP contribution in [-0.2, 0) is 9.47 Å². The molecule has 140 valence electrons. The highest BCUT2D eigenvalue weighted by molar-refractivity contribution is 6.06. The van der Waals surface area contributed by atoms with Crippen molar-refractivity contribution in [3.63, 3.8) is 0 Å². The van der Waals surface area contributed by atoms with Crippen molar-refractivity contribution in [2.24, 2.45) is 4.99 Å². The molecule has 5 nitrogen and oxygen atoms in total. The summed E-state index contributed by atoms with van der Waals surface area (Å²) in [6, 6.07) is 21.9. The fourth-order valence-corrected chi connectivity index (χ4v) is 2.85. The highest BCUT2D eigenvalue weighted by Crippen LogP contribution is 2.31. The van der Waals surface area contributed by atoms with Crippen molar-refractivity contribution in [2.45, 2.75) is 0 Å². The van der Waals surface area contributed by atoms with E-state index in [2.05, 4.69) is 4.99 Å². The van der Waals surface area contributed by atoms with Crippen molar-refractivity contribution in [1.82, 2.24) is 0 Å². The topological polar surface area (TPSA) is 65.0 Å². The van der Waals surface area contributed by atoms with E-state index in [1.165, 1.54) is 14.2 Å². The van der Waals surface area contributed by atoms with E-state index in [1.807, 2.05) is 54.6 Å². The quantitative estimate of drug-likeness (QED) is 0.481. The Morgan fingerprint density at radius 2 is 1.39 bits per heavy atom. The van der Waals surface area contributed by atoms with Gasteiger partial charge < -0.3 is 9.47 Å². The number of ether oxygens (including phenoxy) is 2. The van der Waals surface area contributed by atoms with Gasteiger partial charge in [-0.05, 0) is 35.4 Å². The third-order valence-corrected chi connectivity index (χ3v) is 4.17. The predicted molar refractivity (Wildman–Crippen MR) is 108 cm³/mol. The van der Waals surface area contributed by atoms with Crippen molar-refractivity contribution in [1.29, 1.82) is 0 Å². The maximum absolute atomic E-state index is 12.3. The Bertz CT molecular complexity index is 992. The first-order valence-electron chi connectivity index (χ1n) is 8.63. The predicted octanol–water partition coefficient (Wildman–Crippen LogP) is 4.68. The van der Waals surface area contributed by atoms with Gasteiger partial charge in [-0.3, -0.25) is 4.99 Å². The molecule has 0 aromatic heterocycles. The zero-order valence-corrected chi connectivity index (χ0v) is 15.6. The monoisotopic (exact) mass is 373 g/mol. The van der Waals surface area contributed by atoms with Crippen molar-refractivity contribution < 1.29 is 19.1 Å². The molecule has 0 fully saturated rings. The summed E-state index contributed by atoms with van der Waals surface area (Å²) in [4.78, 5) is 29.0. The Hall–Kier alpha value is -3.73. The standard InChI is InChI=1S/C23H19NO4/c1-27-22(25)19-12-7-13-20(23(26)28-2)21(19)17-10-6-11-18(14-17)24-15-16-8-4-3-5-9-16/h3-15H,1-2H3. The lowest BCUT2D eigenvalue weighted by atomic mass is 9.94. The number of methoxy groups -OCH3 is 2. The van der Waals surface area contributed by atoms with E-state index in [4.69, 9.17) is 9.47 Å². The smallest absolute Gasteiger partial charge is 0.338 e. The summed E-state index contributed by atoms with van der Waals surface area (Å²) in [6.07, 6.45) is 1.76. The second-order valence-corrected chi connectivity index (χ2v) is 5.93. The van der Waals surface area contributed by atoms with Crippen LogP contribution in [0.15, 0.2) is 77.8 Å². The number of benzene rings is 3. The number of carbonyl (C=O) groups excluding carboxylic acids is 2. The summed E-state index contributed by atoms with van der Waals surface area (Å²) in [5.41, 5.74) is 3.36. The van der Waals surface area contributed by atoms with Crippen LogP contribution < -0.4 is 0 Å². The van der Waals surface area contributed by atoms with Gasteiger partial charge in [-0.25, -0.2) is 9.59 Å². The average molecular weight is 373 g/mol. The fourth-order valence-electron chi connectivity index (χ4n) is 2.85. The lowest BCUT2D eigenvalue weighted by molar-refractivity contribution is 0.0601. The van der Waals surface area contributed by atoms with Gasteiger partial charge in [0.1, 0.15) is 0 Å². The zero-order valence-electron chi connectivity index (χ0n) is 15.6. The number of esters is 2. The Morgan fingerprint density at radius 1 is 0.786 bits per heavy atom. The number of nitrogens with zero attached hydrogens (tertiary/aromatic N) is 1. The first kappa shape index (κ1) is 19.0. The Morgan fingerprint density at radius 3 is 2.00 bits per heavy atom. The number of hydrogen-bond donors (Lipinski definition) is 0. The second kappa shape index (κ2) is 8.77. The van der Waals surface area contributed by atoms with E-state index in [0.29, 0.717) is 16.8 Å². The molecule has 0 atom stereocenters. The van der Waals surface area contributed by atoms with Gasteiger partial charge in [0.15, 0.2) is 0 Å². The summed E-state index contributed by atoms with van der Waals surface area (Å²) in [6.45, 7) is 0. The molecule has 0 amide bonds. The second-order valence-electron chi connectivity index (χ2n) is 5.93. The highest BCUT2D eigenvalue weighted by atomic mass is 16.5. The van der Waals surface area contributed by atoms with Crippen molar-refractivity contribution in [2.75, 3.05) is 14.2 Å². The van der Waals surface area contributed by atoms with Crippen LogP contribution >= 0.6 is 0 Å². The van der Waals surface area contributed by atoms with E-state index in [-0.39, 0.29) is 11.1 Å². The van der Waals surface area contributed by atoms with Crippen LogP contribution in [0.2, 0.25) is 0 Å². The van der Waals surface area contributed by atoms with Crippen molar-refractivity contribution in [3.05, 3.63) is 89.5 Å². The molecule has 5 heteroatoms. The van der Waals surface area contributed by atoms with Gasteiger partial charge in [0, 0.05) is 11.8 Å². The normalized spacial score (nSPS) is 10.6. The maximum Gasteiger partial charge on any atom is 0.338 e.